The highest BCUT2D eigenvalue weighted by atomic mass is 19.1. The molecule has 1 aromatic heterocycles. The molecule has 35 heavy (non-hydrogen) atoms. The van der Waals surface area contributed by atoms with Crippen molar-refractivity contribution in [3.63, 3.8) is 0 Å². The molecule has 0 bridgehead atoms. The van der Waals surface area contributed by atoms with Crippen molar-refractivity contribution in [2.75, 3.05) is 26.3 Å². The van der Waals surface area contributed by atoms with Crippen LogP contribution in [0.1, 0.15) is 38.4 Å². The average Bonchev–Trinajstić information content (AvgIpc) is 3.17. The summed E-state index contributed by atoms with van der Waals surface area (Å²) in [5, 5.41) is 1.89. The zero-order chi connectivity index (χ0) is 24.4. The van der Waals surface area contributed by atoms with Crippen LogP contribution in [0, 0.1) is 19.7 Å². The molecule has 0 aliphatic carbocycles. The van der Waals surface area contributed by atoms with E-state index in [0.717, 1.165) is 22.4 Å². The van der Waals surface area contributed by atoms with E-state index in [2.05, 4.69) is 36.0 Å². The Hall–Kier alpha value is -3.55. The van der Waals surface area contributed by atoms with Gasteiger partial charge >= 0.3 is 0 Å². The quantitative estimate of drug-likeness (QED) is 0.452. The number of ether oxygens (including phenoxy) is 1. The van der Waals surface area contributed by atoms with Gasteiger partial charge in [0.1, 0.15) is 11.6 Å². The van der Waals surface area contributed by atoms with E-state index in [1.807, 2.05) is 35.3 Å². The molecule has 6 nitrogen and oxygen atoms in total. The van der Waals surface area contributed by atoms with Crippen LogP contribution in [0.3, 0.4) is 0 Å². The van der Waals surface area contributed by atoms with Crippen molar-refractivity contribution >= 4 is 16.9 Å². The van der Waals surface area contributed by atoms with Crippen LogP contribution in [0.25, 0.3) is 11.0 Å². The SMILES string of the molecule is Cc1cc2nc(Cc3ccccc3F)n(Cc3ccc(C(=O)NN4CCOCC4)cc3)c2cc1C. The first-order valence-corrected chi connectivity index (χ1v) is 11.9. The Kier molecular flexibility index (Phi) is 6.61. The molecule has 5 rings (SSSR count). The molecule has 3 aromatic carbocycles. The number of aryl methyl sites for hydroxylation is 2. The maximum atomic E-state index is 14.4. The minimum atomic E-state index is -0.228. The summed E-state index contributed by atoms with van der Waals surface area (Å²) in [6, 6.07) is 18.7. The Balaban J connectivity index is 1.42. The number of nitrogens with zero attached hydrogens (tertiary/aromatic N) is 3. The van der Waals surface area contributed by atoms with E-state index in [1.54, 1.807) is 12.1 Å². The number of fused-ring (bicyclic) bond motifs is 1. The summed E-state index contributed by atoms with van der Waals surface area (Å²) in [7, 11) is 0. The topological polar surface area (TPSA) is 59.4 Å². The van der Waals surface area contributed by atoms with E-state index >= 15 is 0 Å². The molecule has 1 N–H and O–H groups in total. The zero-order valence-corrected chi connectivity index (χ0v) is 20.1. The number of nitrogens with one attached hydrogen (secondary N) is 1. The Morgan fingerprint density at radius 2 is 1.74 bits per heavy atom. The molecule has 0 radical (unpaired) electrons. The molecule has 1 aliphatic heterocycles. The molecular weight excluding hydrogens is 443 g/mol. The van der Waals surface area contributed by atoms with E-state index < -0.39 is 0 Å². The van der Waals surface area contributed by atoms with Crippen LogP contribution in [0.15, 0.2) is 60.7 Å². The number of carbonyl (C=O) groups excluding carboxylic acids is 1. The Bertz CT molecular complexity index is 1360. The molecule has 4 aromatic rings. The van der Waals surface area contributed by atoms with Gasteiger partial charge in [-0.25, -0.2) is 14.4 Å². The number of hydrogen-bond donors (Lipinski definition) is 1. The number of aromatic nitrogens is 2. The number of imidazole rings is 1. The predicted molar refractivity (Wildman–Crippen MR) is 134 cm³/mol. The standard InChI is InChI=1S/C28H29FN4O2/c1-19-15-25-26(16-20(19)2)33(27(30-25)17-23-5-3-4-6-24(23)29)18-21-7-9-22(10-8-21)28(34)31-32-11-13-35-14-12-32/h3-10,15-16H,11-14,17-18H2,1-2H3,(H,31,34). The fraction of sp³-hybridized carbons (Fsp3) is 0.286. The van der Waals surface area contributed by atoms with Gasteiger partial charge < -0.3 is 9.30 Å². The van der Waals surface area contributed by atoms with Crippen molar-refractivity contribution < 1.29 is 13.9 Å². The first-order chi connectivity index (χ1) is 17.0. The lowest BCUT2D eigenvalue weighted by atomic mass is 10.1. The molecule has 2 heterocycles. The van der Waals surface area contributed by atoms with Gasteiger partial charge in [-0.3, -0.25) is 10.2 Å². The van der Waals surface area contributed by atoms with E-state index in [4.69, 9.17) is 9.72 Å². The van der Waals surface area contributed by atoms with Crippen molar-refractivity contribution in [1.82, 2.24) is 20.0 Å². The van der Waals surface area contributed by atoms with Gasteiger partial charge in [-0.1, -0.05) is 30.3 Å². The maximum absolute atomic E-state index is 14.4. The highest BCUT2D eigenvalue weighted by molar-refractivity contribution is 5.93. The van der Waals surface area contributed by atoms with E-state index in [0.29, 0.717) is 50.4 Å². The second-order valence-electron chi connectivity index (χ2n) is 9.04. The summed E-state index contributed by atoms with van der Waals surface area (Å²) in [4.78, 5) is 17.5. The molecule has 0 spiro atoms. The number of rotatable bonds is 6. The van der Waals surface area contributed by atoms with E-state index in [9.17, 15) is 9.18 Å². The largest absolute Gasteiger partial charge is 0.379 e. The van der Waals surface area contributed by atoms with Crippen LogP contribution in [-0.4, -0.2) is 46.8 Å². The number of hydrogen-bond acceptors (Lipinski definition) is 4. The molecule has 0 atom stereocenters. The summed E-state index contributed by atoms with van der Waals surface area (Å²) in [5.74, 6) is 0.455. The molecule has 0 saturated carbocycles. The second-order valence-corrected chi connectivity index (χ2v) is 9.04. The fourth-order valence-corrected chi connectivity index (χ4v) is 4.38. The van der Waals surface area contributed by atoms with Gasteiger partial charge in [0.05, 0.1) is 24.2 Å². The molecular formula is C28H29FN4O2. The third kappa shape index (κ3) is 5.11. The first-order valence-electron chi connectivity index (χ1n) is 11.9. The monoisotopic (exact) mass is 472 g/mol. The molecule has 1 saturated heterocycles. The Morgan fingerprint density at radius 1 is 1.03 bits per heavy atom. The number of benzene rings is 3. The van der Waals surface area contributed by atoms with Crippen LogP contribution >= 0.6 is 0 Å². The van der Waals surface area contributed by atoms with Crippen LogP contribution < -0.4 is 5.43 Å². The lowest BCUT2D eigenvalue weighted by Crippen LogP contribution is -2.48. The number of amides is 1. The third-order valence-electron chi connectivity index (χ3n) is 6.58. The second kappa shape index (κ2) is 9.98. The van der Waals surface area contributed by atoms with Crippen molar-refractivity contribution in [3.05, 3.63) is 100 Å². The van der Waals surface area contributed by atoms with Crippen LogP contribution in [-0.2, 0) is 17.7 Å². The maximum Gasteiger partial charge on any atom is 0.265 e. The van der Waals surface area contributed by atoms with Crippen molar-refractivity contribution in [1.29, 1.82) is 0 Å². The van der Waals surface area contributed by atoms with E-state index in [1.165, 1.54) is 17.2 Å². The molecule has 1 fully saturated rings. The minimum Gasteiger partial charge on any atom is -0.379 e. The van der Waals surface area contributed by atoms with Gasteiger partial charge in [0, 0.05) is 31.6 Å². The number of hydrazine groups is 1. The Labute approximate surface area is 204 Å². The summed E-state index contributed by atoms with van der Waals surface area (Å²) in [5.41, 5.74) is 9.49. The highest BCUT2D eigenvalue weighted by Crippen LogP contribution is 2.24. The van der Waals surface area contributed by atoms with Crippen molar-refractivity contribution in [2.45, 2.75) is 26.8 Å². The molecule has 0 unspecified atom stereocenters. The van der Waals surface area contributed by atoms with Gasteiger partial charge in [0.25, 0.3) is 5.91 Å². The van der Waals surface area contributed by atoms with Gasteiger partial charge in [-0.15, -0.1) is 0 Å². The lowest BCUT2D eigenvalue weighted by molar-refractivity contribution is 0.0126. The normalized spacial score (nSPS) is 14.4. The number of morpholine rings is 1. The summed E-state index contributed by atoms with van der Waals surface area (Å²) >= 11 is 0. The molecule has 180 valence electrons. The smallest absolute Gasteiger partial charge is 0.265 e. The highest BCUT2D eigenvalue weighted by Gasteiger charge is 2.17. The summed E-state index contributed by atoms with van der Waals surface area (Å²) in [6.45, 7) is 7.34. The lowest BCUT2D eigenvalue weighted by Gasteiger charge is -2.26. The fourth-order valence-electron chi connectivity index (χ4n) is 4.38. The zero-order valence-electron chi connectivity index (χ0n) is 20.1. The van der Waals surface area contributed by atoms with Gasteiger partial charge in [-0.2, -0.15) is 0 Å². The van der Waals surface area contributed by atoms with Crippen LogP contribution in [0.2, 0.25) is 0 Å². The number of carbonyl (C=O) groups is 1. The number of halogens is 1. The Morgan fingerprint density at radius 3 is 2.49 bits per heavy atom. The average molecular weight is 473 g/mol. The van der Waals surface area contributed by atoms with Crippen LogP contribution in [0.4, 0.5) is 4.39 Å². The summed E-state index contributed by atoms with van der Waals surface area (Å²) < 4.78 is 21.9. The molecule has 1 aliphatic rings. The van der Waals surface area contributed by atoms with Crippen molar-refractivity contribution in [2.24, 2.45) is 0 Å². The predicted octanol–water partition coefficient (Wildman–Crippen LogP) is 4.41. The van der Waals surface area contributed by atoms with Crippen LogP contribution in [0.5, 0.6) is 0 Å². The third-order valence-corrected chi connectivity index (χ3v) is 6.58. The molecule has 7 heteroatoms. The molecule has 1 amide bonds. The minimum absolute atomic E-state index is 0.127. The van der Waals surface area contributed by atoms with Gasteiger partial charge in [0.15, 0.2) is 0 Å². The van der Waals surface area contributed by atoms with Gasteiger partial charge in [-0.05, 0) is 66.4 Å². The first kappa shape index (κ1) is 23.2. The van der Waals surface area contributed by atoms with Crippen molar-refractivity contribution in [3.8, 4) is 0 Å². The summed E-state index contributed by atoms with van der Waals surface area (Å²) in [6.07, 6.45) is 0.402. The van der Waals surface area contributed by atoms with Gasteiger partial charge in [0.2, 0.25) is 0 Å². The van der Waals surface area contributed by atoms with E-state index in [-0.39, 0.29) is 11.7 Å².